The highest BCUT2D eigenvalue weighted by Crippen LogP contribution is 2.23. The number of nitrogens with two attached hydrogens (primary N) is 1. The molecular weight excluding hydrogens is 404 g/mol. The molecule has 3 aromatic rings. The molecule has 1 aliphatic rings. The lowest BCUT2D eigenvalue weighted by Crippen LogP contribution is -2.32. The van der Waals surface area contributed by atoms with E-state index >= 15 is 0 Å². The minimum atomic E-state index is -0.485. The fourth-order valence-corrected chi connectivity index (χ4v) is 3.73. The molecular formula is C25H26N4O3. The lowest BCUT2D eigenvalue weighted by Gasteiger charge is -2.29. The SMILES string of the molecule is NC(=O)c1ccc(Oc2ccc(C(=O)NCc3cccnc3N3CCCCC3)cc2)cc1. The number of amides is 2. The first kappa shape index (κ1) is 21.4. The summed E-state index contributed by atoms with van der Waals surface area (Å²) in [6.45, 7) is 2.43. The van der Waals surface area contributed by atoms with Crippen molar-refractivity contribution in [2.45, 2.75) is 25.8 Å². The predicted molar refractivity (Wildman–Crippen MR) is 123 cm³/mol. The van der Waals surface area contributed by atoms with E-state index in [1.54, 1.807) is 54.7 Å². The van der Waals surface area contributed by atoms with Crippen molar-refractivity contribution in [2.75, 3.05) is 18.0 Å². The Hall–Kier alpha value is -3.87. The summed E-state index contributed by atoms with van der Waals surface area (Å²) < 4.78 is 5.76. The second kappa shape index (κ2) is 9.96. The number of rotatable bonds is 7. The van der Waals surface area contributed by atoms with Crippen LogP contribution in [0.5, 0.6) is 11.5 Å². The lowest BCUT2D eigenvalue weighted by molar-refractivity contribution is 0.0949. The highest BCUT2D eigenvalue weighted by atomic mass is 16.5. The van der Waals surface area contributed by atoms with Crippen LogP contribution < -0.4 is 20.7 Å². The van der Waals surface area contributed by atoms with Gasteiger partial charge in [-0.15, -0.1) is 0 Å². The molecule has 0 bridgehead atoms. The number of hydrogen-bond acceptors (Lipinski definition) is 5. The number of pyridine rings is 1. The number of aromatic nitrogens is 1. The molecule has 3 N–H and O–H groups in total. The Morgan fingerprint density at radius 2 is 1.53 bits per heavy atom. The molecule has 0 atom stereocenters. The number of carbonyl (C=O) groups is 2. The molecule has 2 aromatic carbocycles. The Morgan fingerprint density at radius 1 is 0.906 bits per heavy atom. The van der Waals surface area contributed by atoms with E-state index in [2.05, 4.69) is 15.2 Å². The third-order valence-corrected chi connectivity index (χ3v) is 5.45. The van der Waals surface area contributed by atoms with E-state index in [1.807, 2.05) is 12.1 Å². The Kier molecular flexibility index (Phi) is 6.65. The smallest absolute Gasteiger partial charge is 0.251 e. The van der Waals surface area contributed by atoms with Gasteiger partial charge in [0, 0.05) is 42.5 Å². The molecule has 164 valence electrons. The normalized spacial score (nSPS) is 13.4. The Bertz CT molecular complexity index is 1080. The van der Waals surface area contributed by atoms with Crippen LogP contribution in [0.25, 0.3) is 0 Å². The summed E-state index contributed by atoms with van der Waals surface area (Å²) >= 11 is 0. The van der Waals surface area contributed by atoms with Gasteiger partial charge in [0.25, 0.3) is 5.91 Å². The summed E-state index contributed by atoms with van der Waals surface area (Å²) in [5.74, 6) is 1.48. The molecule has 0 saturated carbocycles. The van der Waals surface area contributed by atoms with Crippen LogP contribution in [-0.4, -0.2) is 29.9 Å². The summed E-state index contributed by atoms with van der Waals surface area (Å²) in [5, 5.41) is 2.99. The maximum absolute atomic E-state index is 12.6. The van der Waals surface area contributed by atoms with Crippen LogP contribution in [-0.2, 0) is 6.54 Å². The van der Waals surface area contributed by atoms with Crippen molar-refractivity contribution in [1.29, 1.82) is 0 Å². The van der Waals surface area contributed by atoms with Gasteiger partial charge in [-0.05, 0) is 73.9 Å². The van der Waals surface area contributed by atoms with Crippen molar-refractivity contribution in [3.8, 4) is 11.5 Å². The van der Waals surface area contributed by atoms with E-state index in [-0.39, 0.29) is 5.91 Å². The van der Waals surface area contributed by atoms with Crippen LogP contribution in [0.15, 0.2) is 66.9 Å². The van der Waals surface area contributed by atoms with E-state index in [9.17, 15) is 9.59 Å². The molecule has 0 radical (unpaired) electrons. The molecule has 4 rings (SSSR count). The quantitative estimate of drug-likeness (QED) is 0.593. The molecule has 7 nitrogen and oxygen atoms in total. The summed E-state index contributed by atoms with van der Waals surface area (Å²) in [6, 6.07) is 17.4. The average molecular weight is 431 g/mol. The van der Waals surface area contributed by atoms with Gasteiger partial charge in [-0.1, -0.05) is 6.07 Å². The molecule has 1 saturated heterocycles. The second-order valence-electron chi connectivity index (χ2n) is 7.73. The number of piperidine rings is 1. The van der Waals surface area contributed by atoms with Crippen LogP contribution in [0.3, 0.4) is 0 Å². The van der Waals surface area contributed by atoms with Gasteiger partial charge in [-0.25, -0.2) is 4.98 Å². The van der Waals surface area contributed by atoms with Gasteiger partial charge in [-0.3, -0.25) is 9.59 Å². The highest BCUT2D eigenvalue weighted by Gasteiger charge is 2.16. The number of benzene rings is 2. The van der Waals surface area contributed by atoms with Gasteiger partial charge in [0.15, 0.2) is 0 Å². The first-order valence-corrected chi connectivity index (χ1v) is 10.7. The summed E-state index contributed by atoms with van der Waals surface area (Å²) in [5.41, 5.74) is 7.23. The maximum Gasteiger partial charge on any atom is 0.251 e. The van der Waals surface area contributed by atoms with Crippen molar-refractivity contribution >= 4 is 17.6 Å². The largest absolute Gasteiger partial charge is 0.457 e. The van der Waals surface area contributed by atoms with E-state index < -0.39 is 5.91 Å². The van der Waals surface area contributed by atoms with E-state index in [4.69, 9.17) is 10.5 Å². The molecule has 2 heterocycles. The minimum absolute atomic E-state index is 0.157. The number of hydrogen-bond donors (Lipinski definition) is 2. The zero-order valence-corrected chi connectivity index (χ0v) is 17.8. The lowest BCUT2D eigenvalue weighted by atomic mass is 10.1. The number of anilines is 1. The molecule has 1 aromatic heterocycles. The first-order valence-electron chi connectivity index (χ1n) is 10.7. The van der Waals surface area contributed by atoms with Gasteiger partial charge in [-0.2, -0.15) is 0 Å². The van der Waals surface area contributed by atoms with Gasteiger partial charge < -0.3 is 20.7 Å². The number of primary amides is 1. The summed E-state index contributed by atoms with van der Waals surface area (Å²) in [7, 11) is 0. The van der Waals surface area contributed by atoms with Gasteiger partial charge in [0.1, 0.15) is 17.3 Å². The molecule has 2 amide bonds. The monoisotopic (exact) mass is 430 g/mol. The molecule has 32 heavy (non-hydrogen) atoms. The van der Waals surface area contributed by atoms with Crippen molar-refractivity contribution in [2.24, 2.45) is 5.73 Å². The maximum atomic E-state index is 12.6. The number of ether oxygens (including phenoxy) is 1. The van der Waals surface area contributed by atoms with Crippen molar-refractivity contribution in [3.63, 3.8) is 0 Å². The van der Waals surface area contributed by atoms with E-state index in [1.165, 1.54) is 19.3 Å². The number of carbonyl (C=O) groups excluding carboxylic acids is 2. The van der Waals surface area contributed by atoms with E-state index in [0.29, 0.717) is 29.2 Å². The third kappa shape index (κ3) is 5.24. The Balaban J connectivity index is 1.36. The molecule has 0 aliphatic carbocycles. The third-order valence-electron chi connectivity index (χ3n) is 5.45. The van der Waals surface area contributed by atoms with Crippen molar-refractivity contribution < 1.29 is 14.3 Å². The van der Waals surface area contributed by atoms with Gasteiger partial charge in [0.05, 0.1) is 0 Å². The van der Waals surface area contributed by atoms with Crippen LogP contribution in [0, 0.1) is 0 Å². The Labute approximate surface area is 187 Å². The summed E-state index contributed by atoms with van der Waals surface area (Å²) in [4.78, 5) is 30.7. The zero-order chi connectivity index (χ0) is 22.3. The van der Waals surface area contributed by atoms with Gasteiger partial charge in [0.2, 0.25) is 5.91 Å². The topological polar surface area (TPSA) is 97.6 Å². The van der Waals surface area contributed by atoms with Gasteiger partial charge >= 0.3 is 0 Å². The molecule has 1 aliphatic heterocycles. The van der Waals surface area contributed by atoms with E-state index in [0.717, 1.165) is 24.5 Å². The zero-order valence-electron chi connectivity index (χ0n) is 17.8. The van der Waals surface area contributed by atoms with Crippen LogP contribution >= 0.6 is 0 Å². The molecule has 0 unspecified atom stereocenters. The standard InChI is InChI=1S/C25H26N4O3/c26-23(30)18-6-10-21(11-7-18)32-22-12-8-19(9-13-22)25(31)28-17-20-5-4-14-27-24(20)29-15-2-1-3-16-29/h4-14H,1-3,15-17H2,(H2,26,30)(H,28,31). The predicted octanol–water partition coefficient (Wildman–Crippen LogP) is 3.89. The fraction of sp³-hybridized carbons (Fsp3) is 0.240. The average Bonchev–Trinajstić information content (AvgIpc) is 2.84. The first-order chi connectivity index (χ1) is 15.6. The summed E-state index contributed by atoms with van der Waals surface area (Å²) in [6.07, 6.45) is 5.40. The number of nitrogens with zero attached hydrogens (tertiary/aromatic N) is 2. The van der Waals surface area contributed by atoms with Crippen LogP contribution in [0.1, 0.15) is 45.5 Å². The Morgan fingerprint density at radius 3 is 2.16 bits per heavy atom. The highest BCUT2D eigenvalue weighted by molar-refractivity contribution is 5.94. The number of nitrogens with one attached hydrogen (secondary N) is 1. The van der Waals surface area contributed by atoms with Crippen LogP contribution in [0.4, 0.5) is 5.82 Å². The fourth-order valence-electron chi connectivity index (χ4n) is 3.73. The molecule has 1 fully saturated rings. The second-order valence-corrected chi connectivity index (χ2v) is 7.73. The van der Waals surface area contributed by atoms with Crippen molar-refractivity contribution in [1.82, 2.24) is 10.3 Å². The molecule has 0 spiro atoms. The minimum Gasteiger partial charge on any atom is -0.457 e. The molecule has 7 heteroatoms. The van der Waals surface area contributed by atoms with Crippen molar-refractivity contribution in [3.05, 3.63) is 83.6 Å². The van der Waals surface area contributed by atoms with Crippen LogP contribution in [0.2, 0.25) is 0 Å².